The molecule has 0 heterocycles. The number of Topliss-reactive ketones (excluding diaryl/α,β-unsaturated/α-hetero) is 1. The molecule has 0 aliphatic rings. The van der Waals surface area contributed by atoms with Gasteiger partial charge in [-0.3, -0.25) is 14.3 Å². The van der Waals surface area contributed by atoms with E-state index in [4.69, 9.17) is 4.74 Å². The molecular formula is C19H22N2O5S. The molecule has 0 spiro atoms. The summed E-state index contributed by atoms with van der Waals surface area (Å²) in [4.78, 5) is 23.3. The summed E-state index contributed by atoms with van der Waals surface area (Å²) in [6.07, 6.45) is 0.695. The lowest BCUT2D eigenvalue weighted by Gasteiger charge is -2.09. The first-order chi connectivity index (χ1) is 12.8. The zero-order chi connectivity index (χ0) is 19.9. The van der Waals surface area contributed by atoms with Crippen molar-refractivity contribution in [2.24, 2.45) is 0 Å². The number of nitrogens with one attached hydrogen (secondary N) is 2. The molecule has 0 radical (unpaired) electrons. The zero-order valence-electron chi connectivity index (χ0n) is 15.2. The Morgan fingerprint density at radius 2 is 1.56 bits per heavy atom. The Morgan fingerprint density at radius 1 is 0.963 bits per heavy atom. The first kappa shape index (κ1) is 20.6. The average Bonchev–Trinajstić information content (AvgIpc) is 2.65. The van der Waals surface area contributed by atoms with E-state index in [-0.39, 0.29) is 16.6 Å². The lowest BCUT2D eigenvalue weighted by Crippen LogP contribution is -2.25. The smallest absolute Gasteiger partial charge is 0.261 e. The molecule has 0 atom stereocenters. The maximum atomic E-state index is 12.5. The van der Waals surface area contributed by atoms with E-state index in [0.29, 0.717) is 36.4 Å². The summed E-state index contributed by atoms with van der Waals surface area (Å²) in [5, 5.41) is 2.73. The van der Waals surface area contributed by atoms with Crippen molar-refractivity contribution in [2.45, 2.75) is 18.2 Å². The van der Waals surface area contributed by atoms with Crippen molar-refractivity contribution in [3.63, 3.8) is 0 Å². The molecule has 0 saturated heterocycles. The number of benzene rings is 2. The molecule has 2 aromatic carbocycles. The average molecular weight is 390 g/mol. The monoisotopic (exact) mass is 390 g/mol. The van der Waals surface area contributed by atoms with Crippen LogP contribution in [0, 0.1) is 0 Å². The third-order valence-corrected chi connectivity index (χ3v) is 5.18. The van der Waals surface area contributed by atoms with E-state index in [9.17, 15) is 18.0 Å². The quantitative estimate of drug-likeness (QED) is 0.506. The Balaban J connectivity index is 2.03. The van der Waals surface area contributed by atoms with E-state index < -0.39 is 10.0 Å². The highest BCUT2D eigenvalue weighted by atomic mass is 32.2. The maximum Gasteiger partial charge on any atom is 0.261 e. The highest BCUT2D eigenvalue weighted by Crippen LogP contribution is 2.17. The normalized spacial score (nSPS) is 11.0. The van der Waals surface area contributed by atoms with E-state index >= 15 is 0 Å². The van der Waals surface area contributed by atoms with Gasteiger partial charge in [0, 0.05) is 37.1 Å². The number of rotatable bonds is 9. The maximum absolute atomic E-state index is 12.5. The minimum atomic E-state index is -3.80. The minimum absolute atomic E-state index is 0.0362. The molecule has 0 aromatic heterocycles. The van der Waals surface area contributed by atoms with Crippen LogP contribution < -0.4 is 10.0 Å². The molecule has 7 nitrogen and oxygen atoms in total. The van der Waals surface area contributed by atoms with E-state index in [1.807, 2.05) is 0 Å². The van der Waals surface area contributed by atoms with Gasteiger partial charge >= 0.3 is 0 Å². The number of hydrogen-bond acceptors (Lipinski definition) is 5. The fourth-order valence-electron chi connectivity index (χ4n) is 2.29. The Morgan fingerprint density at radius 3 is 2.11 bits per heavy atom. The van der Waals surface area contributed by atoms with Crippen molar-refractivity contribution in [1.29, 1.82) is 0 Å². The Hall–Kier alpha value is -2.71. The first-order valence-electron chi connectivity index (χ1n) is 8.34. The van der Waals surface area contributed by atoms with Crippen molar-refractivity contribution in [2.75, 3.05) is 25.0 Å². The number of sulfonamides is 1. The SMILES string of the molecule is COCCCNC(=O)c1ccc(S(=O)(=O)Nc2ccc(C(C)=O)cc2)cc1. The molecule has 0 bridgehead atoms. The van der Waals surface area contributed by atoms with Gasteiger partial charge in [0.15, 0.2) is 5.78 Å². The van der Waals surface area contributed by atoms with Crippen LogP contribution in [0.5, 0.6) is 0 Å². The number of anilines is 1. The van der Waals surface area contributed by atoms with E-state index in [1.54, 1.807) is 19.2 Å². The van der Waals surface area contributed by atoms with Crippen LogP contribution in [0.15, 0.2) is 53.4 Å². The third kappa shape index (κ3) is 5.90. The summed E-state index contributed by atoms with van der Waals surface area (Å²) < 4.78 is 32.3. The minimum Gasteiger partial charge on any atom is -0.385 e. The van der Waals surface area contributed by atoms with Gasteiger partial charge in [0.1, 0.15) is 0 Å². The zero-order valence-corrected chi connectivity index (χ0v) is 16.0. The van der Waals surface area contributed by atoms with Crippen LogP contribution in [0.4, 0.5) is 5.69 Å². The molecule has 2 N–H and O–H groups in total. The summed E-state index contributed by atoms with van der Waals surface area (Å²) >= 11 is 0. The van der Waals surface area contributed by atoms with Crippen molar-refractivity contribution in [3.8, 4) is 0 Å². The number of ether oxygens (including phenoxy) is 1. The van der Waals surface area contributed by atoms with Crippen molar-refractivity contribution in [1.82, 2.24) is 5.32 Å². The van der Waals surface area contributed by atoms with Gasteiger partial charge in [0.2, 0.25) is 0 Å². The fourth-order valence-corrected chi connectivity index (χ4v) is 3.35. The summed E-state index contributed by atoms with van der Waals surface area (Å²) in [6.45, 7) is 2.47. The molecule has 0 saturated carbocycles. The predicted molar refractivity (Wildman–Crippen MR) is 103 cm³/mol. The largest absolute Gasteiger partial charge is 0.385 e. The number of carbonyl (C=O) groups is 2. The second-order valence-electron chi connectivity index (χ2n) is 5.87. The Labute approximate surface area is 158 Å². The lowest BCUT2D eigenvalue weighted by molar-refractivity contribution is 0.0947. The third-order valence-electron chi connectivity index (χ3n) is 3.78. The van der Waals surface area contributed by atoms with Crippen LogP contribution in [-0.2, 0) is 14.8 Å². The number of hydrogen-bond donors (Lipinski definition) is 2. The van der Waals surface area contributed by atoms with Gasteiger partial charge < -0.3 is 10.1 Å². The number of ketones is 1. The van der Waals surface area contributed by atoms with E-state index in [2.05, 4.69) is 10.0 Å². The van der Waals surface area contributed by atoms with Gasteiger partial charge in [0.25, 0.3) is 15.9 Å². The Kier molecular flexibility index (Phi) is 7.09. The van der Waals surface area contributed by atoms with Crippen LogP contribution in [0.3, 0.4) is 0 Å². The molecule has 144 valence electrons. The second kappa shape index (κ2) is 9.29. The van der Waals surface area contributed by atoms with Gasteiger partial charge in [-0.2, -0.15) is 0 Å². The highest BCUT2D eigenvalue weighted by Gasteiger charge is 2.15. The topological polar surface area (TPSA) is 102 Å². The van der Waals surface area contributed by atoms with Crippen molar-refractivity contribution in [3.05, 3.63) is 59.7 Å². The van der Waals surface area contributed by atoms with Crippen LogP contribution in [0.1, 0.15) is 34.1 Å². The molecule has 2 aromatic rings. The van der Waals surface area contributed by atoms with Crippen LogP contribution in [0.2, 0.25) is 0 Å². The number of methoxy groups -OCH3 is 1. The standard InChI is InChI=1S/C19H22N2O5S/c1-14(22)15-4-8-17(9-5-15)21-27(24,25)18-10-6-16(7-11-18)19(23)20-12-3-13-26-2/h4-11,21H,3,12-13H2,1-2H3,(H,20,23). The highest BCUT2D eigenvalue weighted by molar-refractivity contribution is 7.92. The molecule has 2 rings (SSSR count). The first-order valence-corrected chi connectivity index (χ1v) is 9.83. The van der Waals surface area contributed by atoms with Gasteiger partial charge in [-0.25, -0.2) is 8.42 Å². The molecule has 1 amide bonds. The molecule has 0 aliphatic carbocycles. The van der Waals surface area contributed by atoms with Gasteiger partial charge in [0.05, 0.1) is 4.90 Å². The molecular weight excluding hydrogens is 368 g/mol. The van der Waals surface area contributed by atoms with E-state index in [0.717, 1.165) is 0 Å². The lowest BCUT2D eigenvalue weighted by atomic mass is 10.1. The van der Waals surface area contributed by atoms with Gasteiger partial charge in [-0.15, -0.1) is 0 Å². The molecule has 8 heteroatoms. The number of carbonyl (C=O) groups excluding carboxylic acids is 2. The molecule has 0 unspecified atom stereocenters. The number of amides is 1. The van der Waals surface area contributed by atoms with E-state index in [1.165, 1.54) is 43.3 Å². The fraction of sp³-hybridized carbons (Fsp3) is 0.263. The predicted octanol–water partition coefficient (Wildman–Crippen LogP) is 2.46. The van der Waals surface area contributed by atoms with Crippen molar-refractivity contribution < 1.29 is 22.7 Å². The van der Waals surface area contributed by atoms with Crippen molar-refractivity contribution >= 4 is 27.4 Å². The summed E-state index contributed by atoms with van der Waals surface area (Å²) in [5.74, 6) is -0.372. The van der Waals surface area contributed by atoms with Crippen LogP contribution >= 0.6 is 0 Å². The Bertz CT molecular complexity index is 891. The van der Waals surface area contributed by atoms with Gasteiger partial charge in [-0.1, -0.05) is 0 Å². The van der Waals surface area contributed by atoms with Gasteiger partial charge in [-0.05, 0) is 61.9 Å². The summed E-state index contributed by atoms with van der Waals surface area (Å²) in [6, 6.07) is 11.8. The van der Waals surface area contributed by atoms with Crippen LogP contribution in [0.25, 0.3) is 0 Å². The molecule has 0 aliphatic heterocycles. The van der Waals surface area contributed by atoms with Crippen LogP contribution in [-0.4, -0.2) is 40.4 Å². The summed E-state index contributed by atoms with van der Waals surface area (Å²) in [5.41, 5.74) is 1.22. The molecule has 0 fully saturated rings. The summed E-state index contributed by atoms with van der Waals surface area (Å²) in [7, 11) is -2.21. The molecule has 27 heavy (non-hydrogen) atoms. The second-order valence-corrected chi connectivity index (χ2v) is 7.55.